The van der Waals surface area contributed by atoms with Crippen LogP contribution in [-0.2, 0) is 20.9 Å². The average molecular weight is 416 g/mol. The molecule has 0 bridgehead atoms. The Labute approximate surface area is 178 Å². The average Bonchev–Trinajstić information content (AvgIpc) is 3.42. The molecule has 1 atom stereocenters. The zero-order valence-corrected chi connectivity index (χ0v) is 16.9. The van der Waals surface area contributed by atoms with E-state index in [1.165, 1.54) is 9.80 Å². The zero-order valence-electron chi connectivity index (χ0n) is 16.9. The number of aromatic nitrogens is 2. The highest BCUT2D eigenvalue weighted by molar-refractivity contribution is 6.15. The lowest BCUT2D eigenvalue weighted by Gasteiger charge is -2.46. The van der Waals surface area contributed by atoms with Gasteiger partial charge >= 0.3 is 5.97 Å². The lowest BCUT2D eigenvalue weighted by Crippen LogP contribution is -2.67. The molecule has 1 aromatic heterocycles. The molecular weight excluding hydrogens is 396 g/mol. The van der Waals surface area contributed by atoms with Crippen LogP contribution in [0.2, 0.25) is 0 Å². The van der Waals surface area contributed by atoms with E-state index in [4.69, 9.17) is 4.74 Å². The molecule has 0 saturated carbocycles. The second kappa shape index (κ2) is 7.09. The third-order valence-electron chi connectivity index (χ3n) is 5.90. The molecule has 1 unspecified atom stereocenters. The maximum atomic E-state index is 13.3. The molecule has 2 aliphatic rings. The quantitative estimate of drug-likeness (QED) is 0.610. The summed E-state index contributed by atoms with van der Waals surface area (Å²) in [4.78, 5) is 41.8. The maximum absolute atomic E-state index is 13.3. The minimum atomic E-state index is -1.47. The summed E-state index contributed by atoms with van der Waals surface area (Å²) in [6.07, 6.45) is 3.75. The van der Waals surface area contributed by atoms with E-state index in [-0.39, 0.29) is 31.3 Å². The number of likely N-dealkylation sites (N-methyl/N-ethyl adjacent to an activating group) is 1. The van der Waals surface area contributed by atoms with Gasteiger partial charge in [0.25, 0.3) is 5.91 Å². The molecule has 2 aliphatic heterocycles. The molecule has 2 amide bonds. The SMILES string of the molecule is CN1C(=O)c2ccccc2N2C(=O)CCC12C(=O)OCc1cnn(-c2ccccc2)c1. The first kappa shape index (κ1) is 19.0. The molecule has 8 heteroatoms. The van der Waals surface area contributed by atoms with Gasteiger partial charge in [0, 0.05) is 31.6 Å². The Morgan fingerprint density at radius 1 is 1.10 bits per heavy atom. The summed E-state index contributed by atoms with van der Waals surface area (Å²) in [6.45, 7) is -0.0148. The third-order valence-corrected chi connectivity index (χ3v) is 5.90. The van der Waals surface area contributed by atoms with Gasteiger partial charge in [0.2, 0.25) is 11.6 Å². The monoisotopic (exact) mass is 416 g/mol. The highest BCUT2D eigenvalue weighted by Crippen LogP contribution is 2.44. The number of rotatable bonds is 4. The third kappa shape index (κ3) is 2.83. The highest BCUT2D eigenvalue weighted by Gasteiger charge is 2.60. The van der Waals surface area contributed by atoms with Crippen LogP contribution in [0.15, 0.2) is 67.0 Å². The number of fused-ring (bicyclic) bond motifs is 3. The van der Waals surface area contributed by atoms with Gasteiger partial charge in [-0.25, -0.2) is 9.48 Å². The van der Waals surface area contributed by atoms with Crippen LogP contribution in [0.25, 0.3) is 5.69 Å². The normalized spacial score (nSPS) is 19.9. The fraction of sp³-hybridized carbons (Fsp3) is 0.217. The van der Waals surface area contributed by atoms with E-state index < -0.39 is 11.6 Å². The second-order valence-electron chi connectivity index (χ2n) is 7.63. The Balaban J connectivity index is 1.42. The lowest BCUT2D eigenvalue weighted by molar-refractivity contribution is -0.157. The van der Waals surface area contributed by atoms with Crippen molar-refractivity contribution in [2.45, 2.75) is 25.1 Å². The number of para-hydroxylation sites is 2. The number of nitrogens with zero attached hydrogens (tertiary/aromatic N) is 4. The first-order chi connectivity index (χ1) is 15.0. The van der Waals surface area contributed by atoms with Crippen LogP contribution in [-0.4, -0.2) is 45.2 Å². The summed E-state index contributed by atoms with van der Waals surface area (Å²) in [7, 11) is 1.54. The van der Waals surface area contributed by atoms with Crippen molar-refractivity contribution >= 4 is 23.5 Å². The van der Waals surface area contributed by atoms with Crippen LogP contribution in [0.3, 0.4) is 0 Å². The molecule has 3 aromatic rings. The van der Waals surface area contributed by atoms with Gasteiger partial charge in [-0.05, 0) is 24.3 Å². The van der Waals surface area contributed by atoms with Gasteiger partial charge in [0.1, 0.15) is 6.61 Å². The summed E-state index contributed by atoms with van der Waals surface area (Å²) >= 11 is 0. The number of anilines is 1. The van der Waals surface area contributed by atoms with Crippen molar-refractivity contribution in [2.24, 2.45) is 0 Å². The van der Waals surface area contributed by atoms with E-state index >= 15 is 0 Å². The topological polar surface area (TPSA) is 84.7 Å². The van der Waals surface area contributed by atoms with Crippen molar-refractivity contribution in [1.82, 2.24) is 14.7 Å². The minimum absolute atomic E-state index is 0.0148. The fourth-order valence-electron chi connectivity index (χ4n) is 4.31. The molecule has 2 aromatic carbocycles. The molecule has 0 aliphatic carbocycles. The molecule has 1 saturated heterocycles. The summed E-state index contributed by atoms with van der Waals surface area (Å²) in [5, 5.41) is 4.31. The first-order valence-electron chi connectivity index (χ1n) is 9.99. The van der Waals surface area contributed by atoms with E-state index in [1.54, 1.807) is 48.4 Å². The van der Waals surface area contributed by atoms with Crippen molar-refractivity contribution in [3.63, 3.8) is 0 Å². The number of amides is 2. The Hall–Kier alpha value is -3.94. The number of carbonyl (C=O) groups excluding carboxylic acids is 3. The fourth-order valence-corrected chi connectivity index (χ4v) is 4.31. The van der Waals surface area contributed by atoms with Crippen molar-refractivity contribution in [3.8, 4) is 5.69 Å². The van der Waals surface area contributed by atoms with E-state index in [1.807, 2.05) is 30.3 Å². The number of carbonyl (C=O) groups is 3. The largest absolute Gasteiger partial charge is 0.458 e. The number of benzene rings is 2. The smallest absolute Gasteiger partial charge is 0.354 e. The predicted molar refractivity (Wildman–Crippen MR) is 111 cm³/mol. The molecule has 0 N–H and O–H groups in total. The summed E-state index contributed by atoms with van der Waals surface area (Å²) in [6, 6.07) is 16.4. The molecule has 5 rings (SSSR count). The Kier molecular flexibility index (Phi) is 4.35. The van der Waals surface area contributed by atoms with Crippen molar-refractivity contribution in [2.75, 3.05) is 11.9 Å². The lowest BCUT2D eigenvalue weighted by atomic mass is 9.97. The van der Waals surface area contributed by atoms with Crippen molar-refractivity contribution in [3.05, 3.63) is 78.1 Å². The molecule has 3 heterocycles. The van der Waals surface area contributed by atoms with Crippen LogP contribution >= 0.6 is 0 Å². The number of esters is 1. The van der Waals surface area contributed by atoms with E-state index in [0.717, 1.165) is 5.69 Å². The molecule has 8 nitrogen and oxygen atoms in total. The van der Waals surface area contributed by atoms with Crippen LogP contribution in [0.4, 0.5) is 5.69 Å². The van der Waals surface area contributed by atoms with Crippen LogP contribution < -0.4 is 4.90 Å². The first-order valence-corrected chi connectivity index (χ1v) is 9.99. The maximum Gasteiger partial charge on any atom is 0.354 e. The Morgan fingerprint density at radius 2 is 1.84 bits per heavy atom. The van der Waals surface area contributed by atoms with Crippen molar-refractivity contribution < 1.29 is 19.1 Å². The molecule has 0 radical (unpaired) electrons. The van der Waals surface area contributed by atoms with E-state index in [0.29, 0.717) is 16.8 Å². The van der Waals surface area contributed by atoms with E-state index in [9.17, 15) is 14.4 Å². The number of ether oxygens (including phenoxy) is 1. The molecule has 0 spiro atoms. The molecule has 31 heavy (non-hydrogen) atoms. The van der Waals surface area contributed by atoms with E-state index in [2.05, 4.69) is 5.10 Å². The van der Waals surface area contributed by atoms with Gasteiger partial charge in [-0.15, -0.1) is 0 Å². The summed E-state index contributed by atoms with van der Waals surface area (Å²) < 4.78 is 7.32. The van der Waals surface area contributed by atoms with Gasteiger partial charge in [0.05, 0.1) is 23.1 Å². The number of hydrogen-bond donors (Lipinski definition) is 0. The standard InChI is InChI=1S/C23H20N4O4/c1-25-21(29)18-9-5-6-10-19(18)27-20(28)11-12-23(25,27)22(30)31-15-16-13-24-26(14-16)17-7-3-2-4-8-17/h2-10,13-14H,11-12,15H2,1H3. The van der Waals surface area contributed by atoms with Gasteiger partial charge < -0.3 is 9.64 Å². The van der Waals surface area contributed by atoms with Crippen LogP contribution in [0.1, 0.15) is 28.8 Å². The van der Waals surface area contributed by atoms with Gasteiger partial charge in [-0.2, -0.15) is 5.10 Å². The minimum Gasteiger partial charge on any atom is -0.458 e. The number of hydrogen-bond acceptors (Lipinski definition) is 5. The predicted octanol–water partition coefficient (Wildman–Crippen LogP) is 2.52. The van der Waals surface area contributed by atoms with Gasteiger partial charge in [0.15, 0.2) is 0 Å². The summed E-state index contributed by atoms with van der Waals surface area (Å²) in [5.41, 5.74) is 0.961. The zero-order chi connectivity index (χ0) is 21.6. The molecule has 1 fully saturated rings. The highest BCUT2D eigenvalue weighted by atomic mass is 16.5. The molecule has 156 valence electrons. The Bertz CT molecular complexity index is 1190. The van der Waals surface area contributed by atoms with Gasteiger partial charge in [-0.3, -0.25) is 14.5 Å². The molecular formula is C23H20N4O4. The second-order valence-corrected chi connectivity index (χ2v) is 7.63. The summed E-state index contributed by atoms with van der Waals surface area (Å²) in [5.74, 6) is -1.15. The van der Waals surface area contributed by atoms with Crippen molar-refractivity contribution in [1.29, 1.82) is 0 Å². The van der Waals surface area contributed by atoms with Crippen LogP contribution in [0, 0.1) is 0 Å². The van der Waals surface area contributed by atoms with Gasteiger partial charge in [-0.1, -0.05) is 30.3 Å². The van der Waals surface area contributed by atoms with Crippen LogP contribution in [0.5, 0.6) is 0 Å². The Morgan fingerprint density at radius 3 is 2.65 bits per heavy atom.